The lowest BCUT2D eigenvalue weighted by molar-refractivity contribution is -0.120. The second-order valence-electron chi connectivity index (χ2n) is 6.28. The number of nitrogens with one attached hydrogen (secondary N) is 2. The smallest absolute Gasteiger partial charge is 0.264 e. The van der Waals surface area contributed by atoms with E-state index in [1.165, 1.54) is 4.31 Å². The monoisotopic (exact) mass is 389 g/mol. The van der Waals surface area contributed by atoms with Gasteiger partial charge in [-0.2, -0.15) is 0 Å². The minimum atomic E-state index is -3.75. The van der Waals surface area contributed by atoms with Gasteiger partial charge >= 0.3 is 0 Å². The molecule has 0 saturated carbocycles. The molecule has 2 aromatic rings. The van der Waals surface area contributed by atoms with Gasteiger partial charge in [0.15, 0.2) is 0 Å². The van der Waals surface area contributed by atoms with Crippen LogP contribution in [0.3, 0.4) is 0 Å². The molecule has 0 bridgehead atoms. The fourth-order valence-corrected chi connectivity index (χ4v) is 4.09. The SMILES string of the molecule is CNCCCNC(=O)CCN(c1ccc(C)cc1)S(=O)(=O)c1ccccc1. The summed E-state index contributed by atoms with van der Waals surface area (Å²) in [5.74, 6) is -0.161. The molecular weight excluding hydrogens is 362 g/mol. The molecule has 0 fully saturated rings. The van der Waals surface area contributed by atoms with Crippen molar-refractivity contribution in [2.24, 2.45) is 0 Å². The Balaban J connectivity index is 2.16. The minimum Gasteiger partial charge on any atom is -0.356 e. The first kappa shape index (κ1) is 20.9. The van der Waals surface area contributed by atoms with Gasteiger partial charge in [0, 0.05) is 19.5 Å². The number of nitrogens with zero attached hydrogens (tertiary/aromatic N) is 1. The molecule has 0 saturated heterocycles. The highest BCUT2D eigenvalue weighted by Gasteiger charge is 2.25. The van der Waals surface area contributed by atoms with E-state index in [0.717, 1.165) is 18.5 Å². The Morgan fingerprint density at radius 3 is 2.30 bits per heavy atom. The van der Waals surface area contributed by atoms with Gasteiger partial charge in [-0.3, -0.25) is 9.10 Å². The Kier molecular flexibility index (Phi) is 7.82. The molecule has 0 aliphatic rings. The molecule has 0 heterocycles. The number of hydrogen-bond donors (Lipinski definition) is 2. The minimum absolute atomic E-state index is 0.0815. The predicted octanol–water partition coefficient (Wildman–Crippen LogP) is 2.31. The highest BCUT2D eigenvalue weighted by atomic mass is 32.2. The van der Waals surface area contributed by atoms with E-state index < -0.39 is 10.0 Å². The van der Waals surface area contributed by atoms with E-state index in [0.29, 0.717) is 12.2 Å². The summed E-state index contributed by atoms with van der Waals surface area (Å²) in [6.07, 6.45) is 0.922. The van der Waals surface area contributed by atoms with Gasteiger partial charge in [0.05, 0.1) is 10.6 Å². The quantitative estimate of drug-likeness (QED) is 0.611. The summed E-state index contributed by atoms with van der Waals surface area (Å²) in [7, 11) is -1.89. The summed E-state index contributed by atoms with van der Waals surface area (Å²) in [6, 6.07) is 15.5. The summed E-state index contributed by atoms with van der Waals surface area (Å²) >= 11 is 0. The number of sulfonamides is 1. The lowest BCUT2D eigenvalue weighted by Gasteiger charge is -2.24. The third-order valence-electron chi connectivity index (χ3n) is 4.12. The Labute approximate surface area is 161 Å². The van der Waals surface area contributed by atoms with Gasteiger partial charge in [0.25, 0.3) is 10.0 Å². The van der Waals surface area contributed by atoms with Gasteiger partial charge in [-0.15, -0.1) is 0 Å². The van der Waals surface area contributed by atoms with Crippen LogP contribution >= 0.6 is 0 Å². The summed E-state index contributed by atoms with van der Waals surface area (Å²) < 4.78 is 27.5. The van der Waals surface area contributed by atoms with Crippen molar-refractivity contribution in [3.05, 3.63) is 60.2 Å². The second kappa shape index (κ2) is 10.1. The van der Waals surface area contributed by atoms with Crippen LogP contribution in [0.1, 0.15) is 18.4 Å². The lowest BCUT2D eigenvalue weighted by Crippen LogP contribution is -2.35. The van der Waals surface area contributed by atoms with Gasteiger partial charge in [-0.1, -0.05) is 35.9 Å². The molecule has 0 aliphatic heterocycles. The fourth-order valence-electron chi connectivity index (χ4n) is 2.60. The van der Waals surface area contributed by atoms with Crippen LogP contribution in [0.5, 0.6) is 0 Å². The first-order chi connectivity index (χ1) is 12.9. The van der Waals surface area contributed by atoms with Crippen molar-refractivity contribution in [3.8, 4) is 0 Å². The third-order valence-corrected chi connectivity index (χ3v) is 5.96. The summed E-state index contributed by atoms with van der Waals surface area (Å²) in [5.41, 5.74) is 1.59. The van der Waals surface area contributed by atoms with Crippen LogP contribution in [-0.4, -0.2) is 41.0 Å². The van der Waals surface area contributed by atoms with E-state index in [2.05, 4.69) is 10.6 Å². The number of carbonyl (C=O) groups is 1. The highest BCUT2D eigenvalue weighted by Crippen LogP contribution is 2.24. The molecule has 0 atom stereocenters. The molecule has 2 N–H and O–H groups in total. The average molecular weight is 390 g/mol. The molecule has 2 aromatic carbocycles. The zero-order valence-corrected chi connectivity index (χ0v) is 16.6. The summed E-state index contributed by atoms with van der Waals surface area (Å²) in [5, 5.41) is 5.84. The summed E-state index contributed by atoms with van der Waals surface area (Å²) in [4.78, 5) is 12.3. The first-order valence-corrected chi connectivity index (χ1v) is 10.4. The average Bonchev–Trinajstić information content (AvgIpc) is 2.67. The number of aryl methyl sites for hydroxylation is 1. The van der Waals surface area contributed by atoms with E-state index in [1.807, 2.05) is 26.1 Å². The van der Waals surface area contributed by atoms with Crippen LogP contribution in [0.25, 0.3) is 0 Å². The maximum Gasteiger partial charge on any atom is 0.264 e. The first-order valence-electron chi connectivity index (χ1n) is 9.01. The largest absolute Gasteiger partial charge is 0.356 e. The number of anilines is 1. The van der Waals surface area contributed by atoms with Crippen molar-refractivity contribution in [2.45, 2.75) is 24.7 Å². The van der Waals surface area contributed by atoms with E-state index in [1.54, 1.807) is 42.5 Å². The Bertz CT molecular complexity index is 821. The van der Waals surface area contributed by atoms with Crippen molar-refractivity contribution < 1.29 is 13.2 Å². The molecule has 27 heavy (non-hydrogen) atoms. The molecule has 6 nitrogen and oxygen atoms in total. The Hall–Kier alpha value is -2.38. The lowest BCUT2D eigenvalue weighted by atomic mass is 10.2. The normalized spacial score (nSPS) is 11.2. The zero-order valence-electron chi connectivity index (χ0n) is 15.8. The van der Waals surface area contributed by atoms with E-state index in [9.17, 15) is 13.2 Å². The van der Waals surface area contributed by atoms with Crippen LogP contribution in [0.2, 0.25) is 0 Å². The van der Waals surface area contributed by atoms with Gasteiger partial charge in [-0.25, -0.2) is 8.42 Å². The Morgan fingerprint density at radius 2 is 1.67 bits per heavy atom. The van der Waals surface area contributed by atoms with Crippen LogP contribution in [0.15, 0.2) is 59.5 Å². The maximum absolute atomic E-state index is 13.1. The van der Waals surface area contributed by atoms with E-state index in [-0.39, 0.29) is 23.8 Å². The molecular formula is C20H27N3O3S. The molecule has 0 spiro atoms. The van der Waals surface area contributed by atoms with Gasteiger partial charge in [0.1, 0.15) is 0 Å². The summed E-state index contributed by atoms with van der Waals surface area (Å²) in [6.45, 7) is 3.41. The van der Waals surface area contributed by atoms with Gasteiger partial charge < -0.3 is 10.6 Å². The second-order valence-corrected chi connectivity index (χ2v) is 8.15. The van der Waals surface area contributed by atoms with Crippen molar-refractivity contribution in [1.29, 1.82) is 0 Å². The van der Waals surface area contributed by atoms with Crippen LogP contribution in [0.4, 0.5) is 5.69 Å². The predicted molar refractivity (Wildman–Crippen MR) is 108 cm³/mol. The van der Waals surface area contributed by atoms with Gasteiger partial charge in [0.2, 0.25) is 5.91 Å². The maximum atomic E-state index is 13.1. The molecule has 0 aliphatic carbocycles. The van der Waals surface area contributed by atoms with Crippen LogP contribution < -0.4 is 14.9 Å². The molecule has 0 radical (unpaired) electrons. The number of hydrogen-bond acceptors (Lipinski definition) is 4. The molecule has 7 heteroatoms. The number of rotatable bonds is 10. The molecule has 146 valence electrons. The zero-order chi connectivity index (χ0) is 19.7. The highest BCUT2D eigenvalue weighted by molar-refractivity contribution is 7.92. The van der Waals surface area contributed by atoms with Crippen molar-refractivity contribution >= 4 is 21.6 Å². The Morgan fingerprint density at radius 1 is 1.00 bits per heavy atom. The van der Waals surface area contributed by atoms with Crippen molar-refractivity contribution in [2.75, 3.05) is 31.0 Å². The topological polar surface area (TPSA) is 78.5 Å². The third kappa shape index (κ3) is 6.08. The fraction of sp³-hybridized carbons (Fsp3) is 0.350. The molecule has 2 rings (SSSR count). The van der Waals surface area contributed by atoms with Crippen LogP contribution in [-0.2, 0) is 14.8 Å². The van der Waals surface area contributed by atoms with Crippen molar-refractivity contribution in [1.82, 2.24) is 10.6 Å². The van der Waals surface area contributed by atoms with E-state index in [4.69, 9.17) is 0 Å². The van der Waals surface area contributed by atoms with Crippen LogP contribution in [0, 0.1) is 6.92 Å². The van der Waals surface area contributed by atoms with Gasteiger partial charge in [-0.05, 0) is 51.2 Å². The number of amides is 1. The molecule has 1 amide bonds. The molecule has 0 aromatic heterocycles. The van der Waals surface area contributed by atoms with E-state index >= 15 is 0 Å². The number of benzene rings is 2. The molecule has 0 unspecified atom stereocenters. The number of carbonyl (C=O) groups excluding carboxylic acids is 1. The standard InChI is InChI=1S/C20H27N3O3S/c1-17-9-11-18(12-10-17)23(16-13-20(24)22-15-6-14-21-2)27(25,26)19-7-4-3-5-8-19/h3-5,7-12,21H,6,13-16H2,1-2H3,(H,22,24). The van der Waals surface area contributed by atoms with Crippen molar-refractivity contribution in [3.63, 3.8) is 0 Å².